The van der Waals surface area contributed by atoms with Gasteiger partial charge in [0.05, 0.1) is 12.0 Å². The topological polar surface area (TPSA) is 75.6 Å². The van der Waals surface area contributed by atoms with Crippen molar-refractivity contribution in [1.82, 2.24) is 15.1 Å². The first-order valence-electron chi connectivity index (χ1n) is 5.38. The molecular weight excluding hydrogens is 216 g/mol. The minimum atomic E-state index is -0.110. The average Bonchev–Trinajstić information content (AvgIpc) is 2.77. The van der Waals surface area contributed by atoms with E-state index in [0.29, 0.717) is 24.6 Å². The first-order chi connectivity index (χ1) is 8.28. The fourth-order valence-corrected chi connectivity index (χ4v) is 1.44. The Hall–Kier alpha value is -2.22. The van der Waals surface area contributed by atoms with Crippen LogP contribution in [0.5, 0.6) is 0 Å². The molecule has 1 atom stereocenters. The standard InChI is InChI=1S/C12H12N4O/c1-9(7-13)5-12-15-11(16-17-12)6-10-3-2-4-14-8-10/h2-4,8-9H,5-6H2,1H3. The predicted molar refractivity (Wildman–Crippen MR) is 59.8 cm³/mol. The fraction of sp³-hybridized carbons (Fsp3) is 0.333. The number of hydrogen-bond acceptors (Lipinski definition) is 5. The van der Waals surface area contributed by atoms with Crippen LogP contribution in [0.1, 0.15) is 24.2 Å². The first-order valence-corrected chi connectivity index (χ1v) is 5.38. The SMILES string of the molecule is CC(C#N)Cc1nc(Cc2cccnc2)no1. The lowest BCUT2D eigenvalue weighted by Gasteiger charge is -1.94. The molecule has 0 saturated heterocycles. The van der Waals surface area contributed by atoms with E-state index in [9.17, 15) is 0 Å². The minimum Gasteiger partial charge on any atom is -0.339 e. The van der Waals surface area contributed by atoms with Gasteiger partial charge in [-0.25, -0.2) is 0 Å². The van der Waals surface area contributed by atoms with E-state index < -0.39 is 0 Å². The largest absolute Gasteiger partial charge is 0.339 e. The van der Waals surface area contributed by atoms with Gasteiger partial charge in [-0.05, 0) is 18.6 Å². The van der Waals surface area contributed by atoms with Crippen molar-refractivity contribution in [1.29, 1.82) is 5.26 Å². The maximum absolute atomic E-state index is 8.69. The van der Waals surface area contributed by atoms with Crippen LogP contribution >= 0.6 is 0 Å². The van der Waals surface area contributed by atoms with Crippen LogP contribution in [0.3, 0.4) is 0 Å². The van der Waals surface area contributed by atoms with Crippen LogP contribution < -0.4 is 0 Å². The summed E-state index contributed by atoms with van der Waals surface area (Å²) in [5.74, 6) is 1.03. The zero-order valence-electron chi connectivity index (χ0n) is 9.50. The molecule has 0 aliphatic rings. The molecule has 0 aliphatic carbocycles. The van der Waals surface area contributed by atoms with Gasteiger partial charge in [0.1, 0.15) is 0 Å². The van der Waals surface area contributed by atoms with Gasteiger partial charge < -0.3 is 4.52 Å². The van der Waals surface area contributed by atoms with Gasteiger partial charge in [0.25, 0.3) is 0 Å². The molecule has 2 rings (SSSR count). The van der Waals surface area contributed by atoms with E-state index in [0.717, 1.165) is 5.56 Å². The van der Waals surface area contributed by atoms with Crippen molar-refractivity contribution in [3.8, 4) is 6.07 Å². The zero-order valence-corrected chi connectivity index (χ0v) is 9.50. The van der Waals surface area contributed by atoms with Crippen LogP contribution in [0.2, 0.25) is 0 Å². The Labute approximate surface area is 99.1 Å². The van der Waals surface area contributed by atoms with Gasteiger partial charge in [-0.1, -0.05) is 11.2 Å². The third-order valence-corrected chi connectivity index (χ3v) is 2.30. The quantitative estimate of drug-likeness (QED) is 0.796. The fourth-order valence-electron chi connectivity index (χ4n) is 1.44. The normalized spacial score (nSPS) is 12.0. The summed E-state index contributed by atoms with van der Waals surface area (Å²) in [7, 11) is 0. The Bertz CT molecular complexity index is 515. The second-order valence-corrected chi connectivity index (χ2v) is 3.88. The van der Waals surface area contributed by atoms with E-state index in [4.69, 9.17) is 9.78 Å². The van der Waals surface area contributed by atoms with Gasteiger partial charge in [-0.15, -0.1) is 0 Å². The Morgan fingerprint density at radius 2 is 2.41 bits per heavy atom. The molecule has 0 fully saturated rings. The van der Waals surface area contributed by atoms with E-state index >= 15 is 0 Å². The van der Waals surface area contributed by atoms with Gasteiger partial charge >= 0.3 is 0 Å². The summed E-state index contributed by atoms with van der Waals surface area (Å²) in [6.45, 7) is 1.82. The van der Waals surface area contributed by atoms with Crippen LogP contribution in [0.25, 0.3) is 0 Å². The smallest absolute Gasteiger partial charge is 0.227 e. The first kappa shape index (κ1) is 11.3. The van der Waals surface area contributed by atoms with E-state index in [2.05, 4.69) is 21.2 Å². The lowest BCUT2D eigenvalue weighted by molar-refractivity contribution is 0.365. The van der Waals surface area contributed by atoms with Crippen LogP contribution in [0.15, 0.2) is 29.0 Å². The highest BCUT2D eigenvalue weighted by molar-refractivity contribution is 5.13. The van der Waals surface area contributed by atoms with Gasteiger partial charge in [-0.2, -0.15) is 10.2 Å². The molecule has 0 N–H and O–H groups in total. The molecule has 2 aromatic rings. The van der Waals surface area contributed by atoms with Gasteiger partial charge in [0, 0.05) is 25.2 Å². The molecule has 0 radical (unpaired) electrons. The molecule has 5 nitrogen and oxygen atoms in total. The Kier molecular flexibility index (Phi) is 3.46. The summed E-state index contributed by atoms with van der Waals surface area (Å²) < 4.78 is 5.08. The van der Waals surface area contributed by atoms with E-state index in [-0.39, 0.29) is 5.92 Å². The van der Waals surface area contributed by atoms with E-state index in [1.807, 2.05) is 19.1 Å². The molecule has 0 aromatic carbocycles. The molecule has 2 heterocycles. The summed E-state index contributed by atoms with van der Waals surface area (Å²) in [5, 5.41) is 12.6. The van der Waals surface area contributed by atoms with Crippen molar-refractivity contribution in [3.63, 3.8) is 0 Å². The van der Waals surface area contributed by atoms with Crippen LogP contribution in [-0.4, -0.2) is 15.1 Å². The molecule has 2 aromatic heterocycles. The summed E-state index contributed by atoms with van der Waals surface area (Å²) >= 11 is 0. The number of hydrogen-bond donors (Lipinski definition) is 0. The molecule has 0 bridgehead atoms. The van der Waals surface area contributed by atoms with Crippen molar-refractivity contribution in [2.45, 2.75) is 19.8 Å². The molecule has 0 spiro atoms. The zero-order chi connectivity index (χ0) is 12.1. The molecule has 0 amide bonds. The number of nitrogens with zero attached hydrogens (tertiary/aromatic N) is 4. The molecule has 1 unspecified atom stereocenters. The molecule has 17 heavy (non-hydrogen) atoms. The molecular formula is C12H12N4O. The third kappa shape index (κ3) is 3.11. The molecule has 0 saturated carbocycles. The monoisotopic (exact) mass is 228 g/mol. The second kappa shape index (κ2) is 5.21. The number of aromatic nitrogens is 3. The van der Waals surface area contributed by atoms with Crippen LogP contribution in [0.4, 0.5) is 0 Å². The number of rotatable bonds is 4. The molecule has 5 heteroatoms. The predicted octanol–water partition coefficient (Wildman–Crippen LogP) is 1.76. The summed E-state index contributed by atoms with van der Waals surface area (Å²) in [5.41, 5.74) is 1.04. The summed E-state index contributed by atoms with van der Waals surface area (Å²) in [6, 6.07) is 5.96. The summed E-state index contributed by atoms with van der Waals surface area (Å²) in [4.78, 5) is 8.26. The van der Waals surface area contributed by atoms with E-state index in [1.54, 1.807) is 12.4 Å². The van der Waals surface area contributed by atoms with Crippen molar-refractivity contribution in [3.05, 3.63) is 41.8 Å². The second-order valence-electron chi connectivity index (χ2n) is 3.88. The van der Waals surface area contributed by atoms with Gasteiger partial charge in [0.2, 0.25) is 5.89 Å². The van der Waals surface area contributed by atoms with E-state index in [1.165, 1.54) is 0 Å². The minimum absolute atomic E-state index is 0.110. The lowest BCUT2D eigenvalue weighted by atomic mass is 10.1. The highest BCUT2D eigenvalue weighted by Gasteiger charge is 2.10. The molecule has 0 aliphatic heterocycles. The Morgan fingerprint density at radius 3 is 3.12 bits per heavy atom. The van der Waals surface area contributed by atoms with Crippen molar-refractivity contribution in [2.24, 2.45) is 5.92 Å². The van der Waals surface area contributed by atoms with Gasteiger partial charge in [0.15, 0.2) is 5.82 Å². The third-order valence-electron chi connectivity index (χ3n) is 2.30. The van der Waals surface area contributed by atoms with Crippen molar-refractivity contribution < 1.29 is 4.52 Å². The maximum Gasteiger partial charge on any atom is 0.227 e. The highest BCUT2D eigenvalue weighted by atomic mass is 16.5. The number of nitriles is 1. The van der Waals surface area contributed by atoms with Crippen molar-refractivity contribution >= 4 is 0 Å². The Morgan fingerprint density at radius 1 is 1.53 bits per heavy atom. The lowest BCUT2D eigenvalue weighted by Crippen LogP contribution is -1.97. The van der Waals surface area contributed by atoms with Crippen LogP contribution in [-0.2, 0) is 12.8 Å². The Balaban J connectivity index is 2.02. The highest BCUT2D eigenvalue weighted by Crippen LogP contribution is 2.08. The van der Waals surface area contributed by atoms with Crippen molar-refractivity contribution in [2.75, 3.05) is 0 Å². The number of pyridine rings is 1. The average molecular weight is 228 g/mol. The summed E-state index contributed by atoms with van der Waals surface area (Å²) in [6.07, 6.45) is 4.59. The molecule has 86 valence electrons. The maximum atomic E-state index is 8.69. The van der Waals surface area contributed by atoms with Gasteiger partial charge in [-0.3, -0.25) is 4.98 Å². The van der Waals surface area contributed by atoms with Crippen LogP contribution in [0, 0.1) is 17.2 Å².